The lowest BCUT2D eigenvalue weighted by Crippen LogP contribution is -2.22. The maximum Gasteiger partial charge on any atom is 0.166 e. The molecule has 1 saturated carbocycles. The van der Waals surface area contributed by atoms with E-state index < -0.39 is 0 Å². The average molecular weight is 319 g/mol. The molecule has 1 N–H and O–H groups in total. The van der Waals surface area contributed by atoms with Crippen molar-refractivity contribution in [1.29, 1.82) is 0 Å². The number of phenolic OH excluding ortho intramolecular Hbond substituents is 1. The van der Waals surface area contributed by atoms with Gasteiger partial charge in [0.15, 0.2) is 11.6 Å². The fourth-order valence-corrected chi connectivity index (χ4v) is 2.96. The highest BCUT2D eigenvalue weighted by Gasteiger charge is 2.26. The second-order valence-electron chi connectivity index (χ2n) is 6.07. The molecule has 0 amide bonds. The van der Waals surface area contributed by atoms with E-state index in [4.69, 9.17) is 0 Å². The first-order valence-corrected chi connectivity index (χ1v) is 8.06. The Hall–Kier alpha value is -2.95. The van der Waals surface area contributed by atoms with Crippen molar-refractivity contribution in [1.82, 2.24) is 14.8 Å². The third-order valence-corrected chi connectivity index (χ3v) is 4.51. The lowest BCUT2D eigenvalue weighted by Gasteiger charge is -2.23. The number of carbonyl (C=O) groups is 1. The molecule has 2 heterocycles. The first kappa shape index (κ1) is 14.6. The minimum absolute atomic E-state index is 0.156. The Morgan fingerprint density at radius 3 is 2.75 bits per heavy atom. The largest absolute Gasteiger partial charge is 0.508 e. The van der Waals surface area contributed by atoms with Crippen LogP contribution in [0.1, 0.15) is 29.6 Å². The van der Waals surface area contributed by atoms with Crippen molar-refractivity contribution >= 4 is 5.78 Å². The lowest BCUT2D eigenvalue weighted by molar-refractivity contribution is 0.0855. The summed E-state index contributed by atoms with van der Waals surface area (Å²) in [6, 6.07) is 12.4. The number of hydrogen-bond acceptors (Lipinski definition) is 4. The van der Waals surface area contributed by atoms with Crippen molar-refractivity contribution in [3.63, 3.8) is 0 Å². The summed E-state index contributed by atoms with van der Waals surface area (Å²) in [4.78, 5) is 16.8. The fourth-order valence-electron chi connectivity index (χ4n) is 2.96. The minimum Gasteiger partial charge on any atom is -0.508 e. The third kappa shape index (κ3) is 2.58. The fraction of sp³-hybridized carbons (Fsp3) is 0.211. The number of nitrogens with zero attached hydrogens (tertiary/aromatic N) is 3. The van der Waals surface area contributed by atoms with E-state index in [9.17, 15) is 9.90 Å². The number of rotatable bonds is 4. The third-order valence-electron chi connectivity index (χ3n) is 4.51. The molecule has 0 aliphatic heterocycles. The summed E-state index contributed by atoms with van der Waals surface area (Å²) in [7, 11) is 0. The number of aromatic hydroxyl groups is 1. The number of carbonyl (C=O) groups excluding carboxylic acids is 1. The van der Waals surface area contributed by atoms with Crippen LogP contribution in [0.5, 0.6) is 5.75 Å². The molecule has 1 aliphatic carbocycles. The zero-order chi connectivity index (χ0) is 16.5. The van der Waals surface area contributed by atoms with Crippen LogP contribution in [0.15, 0.2) is 54.9 Å². The highest BCUT2D eigenvalue weighted by molar-refractivity contribution is 5.98. The summed E-state index contributed by atoms with van der Waals surface area (Å²) >= 11 is 0. The van der Waals surface area contributed by atoms with Crippen LogP contribution in [0.3, 0.4) is 0 Å². The molecule has 4 rings (SSSR count). The zero-order valence-electron chi connectivity index (χ0n) is 13.1. The normalized spacial score (nSPS) is 14.3. The van der Waals surface area contributed by atoms with E-state index >= 15 is 0 Å². The number of Topliss-reactive ketones (excluding diaryl/α,β-unsaturated/α-hetero) is 1. The van der Waals surface area contributed by atoms with Gasteiger partial charge in [0.2, 0.25) is 0 Å². The van der Waals surface area contributed by atoms with E-state index in [0.29, 0.717) is 11.4 Å². The van der Waals surface area contributed by atoms with Gasteiger partial charge in [-0.2, -0.15) is 5.10 Å². The van der Waals surface area contributed by atoms with Crippen molar-refractivity contribution in [2.75, 3.05) is 0 Å². The predicted molar refractivity (Wildman–Crippen MR) is 90.1 cm³/mol. The number of aromatic nitrogens is 3. The standard InChI is InChI=1S/C19H17N3O2/c23-16-6-2-5-14(11-16)17-8-10-21-22(17)18-12-15(7-9-20-18)19(24)13-3-1-4-13/h2,5-13,23H,1,3-4H2. The Kier molecular flexibility index (Phi) is 3.61. The van der Waals surface area contributed by atoms with Crippen LogP contribution in [0.2, 0.25) is 0 Å². The summed E-state index contributed by atoms with van der Waals surface area (Å²) in [6.07, 6.45) is 6.42. The van der Waals surface area contributed by atoms with Crippen molar-refractivity contribution in [3.8, 4) is 22.8 Å². The summed E-state index contributed by atoms with van der Waals surface area (Å²) in [6.45, 7) is 0. The maximum atomic E-state index is 12.5. The molecule has 0 atom stereocenters. The predicted octanol–water partition coefficient (Wildman–Crippen LogP) is 3.62. The van der Waals surface area contributed by atoms with Gasteiger partial charge in [-0.1, -0.05) is 18.6 Å². The molecule has 5 heteroatoms. The maximum absolute atomic E-state index is 12.5. The molecular weight excluding hydrogens is 302 g/mol. The number of benzene rings is 1. The van der Waals surface area contributed by atoms with Crippen molar-refractivity contribution < 1.29 is 9.90 Å². The highest BCUT2D eigenvalue weighted by Crippen LogP contribution is 2.30. The molecule has 0 bridgehead atoms. The molecule has 1 fully saturated rings. The molecule has 0 spiro atoms. The second kappa shape index (κ2) is 5.92. The summed E-state index contributed by atoms with van der Waals surface area (Å²) in [5.41, 5.74) is 2.33. The first-order chi connectivity index (χ1) is 11.7. The number of ketones is 1. The average Bonchev–Trinajstić information content (AvgIpc) is 3.03. The van der Waals surface area contributed by atoms with Gasteiger partial charge in [0, 0.05) is 23.2 Å². The van der Waals surface area contributed by atoms with Gasteiger partial charge in [0.25, 0.3) is 0 Å². The van der Waals surface area contributed by atoms with E-state index in [1.54, 1.807) is 47.4 Å². The van der Waals surface area contributed by atoms with Crippen LogP contribution < -0.4 is 0 Å². The molecule has 5 nitrogen and oxygen atoms in total. The second-order valence-corrected chi connectivity index (χ2v) is 6.07. The van der Waals surface area contributed by atoms with Crippen LogP contribution in [0.4, 0.5) is 0 Å². The van der Waals surface area contributed by atoms with Crippen LogP contribution in [0.25, 0.3) is 17.1 Å². The van der Waals surface area contributed by atoms with Gasteiger partial charge in [-0.3, -0.25) is 4.79 Å². The molecule has 0 saturated heterocycles. The van der Waals surface area contributed by atoms with Gasteiger partial charge in [-0.15, -0.1) is 0 Å². The Morgan fingerprint density at radius 1 is 1.12 bits per heavy atom. The monoisotopic (exact) mass is 319 g/mol. The van der Waals surface area contributed by atoms with Crippen molar-refractivity contribution in [3.05, 3.63) is 60.4 Å². The molecule has 120 valence electrons. The lowest BCUT2D eigenvalue weighted by atomic mass is 9.80. The number of phenols is 1. The Bertz CT molecular complexity index is 897. The molecule has 24 heavy (non-hydrogen) atoms. The minimum atomic E-state index is 0.156. The van der Waals surface area contributed by atoms with E-state index in [-0.39, 0.29) is 17.5 Å². The van der Waals surface area contributed by atoms with E-state index in [2.05, 4.69) is 10.1 Å². The van der Waals surface area contributed by atoms with Crippen LogP contribution in [0, 0.1) is 5.92 Å². The Balaban J connectivity index is 1.72. The number of hydrogen-bond donors (Lipinski definition) is 1. The van der Waals surface area contributed by atoms with Gasteiger partial charge in [0.1, 0.15) is 5.75 Å². The molecular formula is C19H17N3O2. The van der Waals surface area contributed by atoms with Gasteiger partial charge < -0.3 is 5.11 Å². The molecule has 0 unspecified atom stereocenters. The summed E-state index contributed by atoms with van der Waals surface area (Å²) in [5.74, 6) is 1.14. The Labute approximate surface area is 139 Å². The molecule has 0 radical (unpaired) electrons. The van der Waals surface area contributed by atoms with Crippen molar-refractivity contribution in [2.24, 2.45) is 5.92 Å². The highest BCUT2D eigenvalue weighted by atomic mass is 16.3. The SMILES string of the molecule is O=C(c1ccnc(-n2nccc2-c2cccc(O)c2)c1)C1CCC1. The van der Waals surface area contributed by atoms with E-state index in [1.807, 2.05) is 12.1 Å². The quantitative estimate of drug-likeness (QED) is 0.746. The van der Waals surface area contributed by atoms with Gasteiger partial charge in [0.05, 0.1) is 11.9 Å². The van der Waals surface area contributed by atoms with Gasteiger partial charge in [-0.05, 0) is 43.2 Å². The Morgan fingerprint density at radius 2 is 2.00 bits per heavy atom. The topological polar surface area (TPSA) is 68.0 Å². The molecule has 1 aliphatic rings. The van der Waals surface area contributed by atoms with Crippen molar-refractivity contribution in [2.45, 2.75) is 19.3 Å². The summed E-state index contributed by atoms with van der Waals surface area (Å²) < 4.78 is 1.69. The van der Waals surface area contributed by atoms with Gasteiger partial charge >= 0.3 is 0 Å². The van der Waals surface area contributed by atoms with E-state index in [0.717, 1.165) is 30.5 Å². The van der Waals surface area contributed by atoms with E-state index in [1.165, 1.54) is 0 Å². The van der Waals surface area contributed by atoms with Crippen LogP contribution in [-0.4, -0.2) is 25.7 Å². The van der Waals surface area contributed by atoms with Gasteiger partial charge in [-0.25, -0.2) is 9.67 Å². The zero-order valence-corrected chi connectivity index (χ0v) is 13.1. The molecule has 3 aromatic rings. The summed E-state index contributed by atoms with van der Waals surface area (Å²) in [5, 5.41) is 14.0. The number of pyridine rings is 1. The first-order valence-electron chi connectivity index (χ1n) is 8.06. The molecule has 2 aromatic heterocycles. The smallest absolute Gasteiger partial charge is 0.166 e. The van der Waals surface area contributed by atoms with Crippen LogP contribution >= 0.6 is 0 Å². The van der Waals surface area contributed by atoms with Crippen LogP contribution in [-0.2, 0) is 0 Å². The molecule has 1 aromatic carbocycles.